The summed E-state index contributed by atoms with van der Waals surface area (Å²) in [6, 6.07) is 8.56. The number of carbonyl (C=O) groups is 1. The van der Waals surface area contributed by atoms with Gasteiger partial charge in [-0.1, -0.05) is 23.7 Å². The molecular formula is C17H15ClF3NO5S2. The zero-order valence-electron chi connectivity index (χ0n) is 15.0. The molecule has 0 heterocycles. The number of anilines is 1. The summed E-state index contributed by atoms with van der Waals surface area (Å²) < 4.78 is 75.8. The van der Waals surface area contributed by atoms with Gasteiger partial charge in [0.1, 0.15) is 0 Å². The monoisotopic (exact) mass is 469 g/mol. The molecule has 2 rings (SSSR count). The van der Waals surface area contributed by atoms with Gasteiger partial charge in [0.25, 0.3) is 5.91 Å². The minimum Gasteiger partial charge on any atom is -0.373 e. The van der Waals surface area contributed by atoms with Gasteiger partial charge in [0, 0.05) is 6.26 Å². The molecule has 0 bridgehead atoms. The minimum absolute atomic E-state index is 0.0715. The predicted molar refractivity (Wildman–Crippen MR) is 101 cm³/mol. The largest absolute Gasteiger partial charge is 0.426 e. The second-order valence-corrected chi connectivity index (χ2v) is 9.74. The lowest BCUT2D eigenvalue weighted by atomic mass is 10.1. The summed E-state index contributed by atoms with van der Waals surface area (Å²) in [7, 11) is -5.75. The molecule has 0 spiro atoms. The summed E-state index contributed by atoms with van der Waals surface area (Å²) in [5.74, 6) is -1.78. The fourth-order valence-corrected chi connectivity index (χ4v) is 5.13. The third-order valence-electron chi connectivity index (χ3n) is 3.94. The van der Waals surface area contributed by atoms with Crippen molar-refractivity contribution in [2.24, 2.45) is 0 Å². The van der Waals surface area contributed by atoms with Gasteiger partial charge < -0.3 is 10.4 Å². The number of hydrogen-bond acceptors (Lipinski definition) is 5. The van der Waals surface area contributed by atoms with Gasteiger partial charge >= 0.3 is 6.18 Å². The van der Waals surface area contributed by atoms with E-state index in [-0.39, 0.29) is 32.3 Å². The van der Waals surface area contributed by atoms with Crippen LogP contribution >= 0.6 is 11.6 Å². The molecule has 29 heavy (non-hydrogen) atoms. The standard InChI is InChI=1S/C17H15ClF3NO5S2/c1-16(24,17(19,20)21)15(23)22-12-8-7-10(9-11(12)18)29(26,27)14-6-4-3-5-13(14)28(2)25/h3-9,24H,1-2H3,(H,22,23)/t16?,28-/m1/s1. The quantitative estimate of drug-likeness (QED) is 0.700. The van der Waals surface area contributed by atoms with Crippen molar-refractivity contribution in [3.63, 3.8) is 0 Å². The molecule has 0 radical (unpaired) electrons. The Hall–Kier alpha value is -1.95. The van der Waals surface area contributed by atoms with Crippen molar-refractivity contribution in [2.45, 2.75) is 33.4 Å². The number of rotatable bonds is 5. The normalized spacial score (nSPS) is 15.4. The van der Waals surface area contributed by atoms with Crippen molar-refractivity contribution >= 4 is 43.8 Å². The SMILES string of the molecule is C[S@@](=O)c1ccccc1S(=O)(=O)c1ccc(NC(=O)C(C)(O)C(F)(F)F)c(Cl)c1. The van der Waals surface area contributed by atoms with E-state index in [2.05, 4.69) is 0 Å². The molecule has 0 aliphatic heterocycles. The molecule has 2 atom stereocenters. The fraction of sp³-hybridized carbons (Fsp3) is 0.235. The topological polar surface area (TPSA) is 101 Å². The van der Waals surface area contributed by atoms with Gasteiger partial charge in [-0.05, 0) is 37.3 Å². The van der Waals surface area contributed by atoms with Crippen LogP contribution < -0.4 is 5.32 Å². The highest BCUT2D eigenvalue weighted by molar-refractivity contribution is 7.92. The molecule has 2 N–H and O–H groups in total. The van der Waals surface area contributed by atoms with Crippen molar-refractivity contribution in [2.75, 3.05) is 11.6 Å². The van der Waals surface area contributed by atoms with E-state index in [1.807, 2.05) is 5.32 Å². The first-order valence-electron chi connectivity index (χ1n) is 7.77. The number of hydrogen-bond donors (Lipinski definition) is 2. The van der Waals surface area contributed by atoms with Crippen LogP contribution in [0.3, 0.4) is 0 Å². The average molecular weight is 470 g/mol. The molecule has 12 heteroatoms. The molecule has 0 saturated heterocycles. The zero-order chi connectivity index (χ0) is 22.2. The van der Waals surface area contributed by atoms with Gasteiger partial charge in [0.05, 0.1) is 36.2 Å². The van der Waals surface area contributed by atoms with E-state index < -0.39 is 38.3 Å². The molecule has 2 aromatic carbocycles. The summed E-state index contributed by atoms with van der Waals surface area (Å²) in [6.45, 7) is 0.275. The molecule has 2 aromatic rings. The van der Waals surface area contributed by atoms with Gasteiger partial charge in [0.2, 0.25) is 15.4 Å². The van der Waals surface area contributed by atoms with Crippen LogP contribution in [0.2, 0.25) is 5.02 Å². The first-order valence-corrected chi connectivity index (χ1v) is 11.2. The van der Waals surface area contributed by atoms with Crippen molar-refractivity contribution in [1.82, 2.24) is 0 Å². The number of aliphatic hydroxyl groups is 1. The van der Waals surface area contributed by atoms with Gasteiger partial charge in [-0.3, -0.25) is 9.00 Å². The average Bonchev–Trinajstić information content (AvgIpc) is 2.62. The Bertz CT molecular complexity index is 1080. The smallest absolute Gasteiger partial charge is 0.373 e. The van der Waals surface area contributed by atoms with E-state index in [4.69, 9.17) is 11.6 Å². The highest BCUT2D eigenvalue weighted by Crippen LogP contribution is 2.34. The number of sulfone groups is 1. The second kappa shape index (κ2) is 8.05. The van der Waals surface area contributed by atoms with Gasteiger partial charge in [-0.25, -0.2) is 8.42 Å². The second-order valence-electron chi connectivity index (χ2n) is 6.07. The molecule has 1 amide bonds. The molecule has 1 unspecified atom stereocenters. The van der Waals surface area contributed by atoms with Crippen molar-refractivity contribution in [1.29, 1.82) is 0 Å². The van der Waals surface area contributed by atoms with E-state index in [0.29, 0.717) is 0 Å². The van der Waals surface area contributed by atoms with Crippen LogP contribution in [0.25, 0.3) is 0 Å². The number of amides is 1. The maximum atomic E-state index is 12.9. The molecular weight excluding hydrogens is 455 g/mol. The maximum absolute atomic E-state index is 12.9. The van der Waals surface area contributed by atoms with Crippen LogP contribution in [0.15, 0.2) is 57.2 Å². The summed E-state index contributed by atoms with van der Waals surface area (Å²) in [5, 5.41) is 10.8. The van der Waals surface area contributed by atoms with Crippen LogP contribution in [0.4, 0.5) is 18.9 Å². The predicted octanol–water partition coefficient (Wildman–Crippen LogP) is 3.16. The van der Waals surface area contributed by atoms with E-state index in [9.17, 15) is 35.7 Å². The first-order chi connectivity index (χ1) is 13.2. The molecule has 6 nitrogen and oxygen atoms in total. The van der Waals surface area contributed by atoms with E-state index in [0.717, 1.165) is 18.2 Å². The van der Waals surface area contributed by atoms with Crippen LogP contribution in [-0.2, 0) is 25.4 Å². The summed E-state index contributed by atoms with van der Waals surface area (Å²) >= 11 is 5.93. The number of benzene rings is 2. The lowest BCUT2D eigenvalue weighted by Gasteiger charge is -2.25. The summed E-state index contributed by atoms with van der Waals surface area (Å²) in [6.07, 6.45) is -3.92. The van der Waals surface area contributed by atoms with Gasteiger partial charge in [-0.2, -0.15) is 13.2 Å². The van der Waals surface area contributed by atoms with Crippen molar-refractivity contribution < 1.29 is 35.7 Å². The minimum atomic E-state index is -5.23. The number of halogens is 4. The molecule has 158 valence electrons. The van der Waals surface area contributed by atoms with Gasteiger partial charge in [0.15, 0.2) is 0 Å². The van der Waals surface area contributed by atoms with Crippen LogP contribution in [0, 0.1) is 0 Å². The number of nitrogens with one attached hydrogen (secondary N) is 1. The molecule has 0 saturated carbocycles. The van der Waals surface area contributed by atoms with Crippen LogP contribution in [0.1, 0.15) is 6.92 Å². The summed E-state index contributed by atoms with van der Waals surface area (Å²) in [4.78, 5) is 11.3. The third kappa shape index (κ3) is 4.63. The maximum Gasteiger partial charge on any atom is 0.426 e. The molecule has 0 aliphatic rings. The lowest BCUT2D eigenvalue weighted by Crippen LogP contribution is -2.52. The van der Waals surface area contributed by atoms with Crippen molar-refractivity contribution in [3.05, 3.63) is 47.5 Å². The van der Waals surface area contributed by atoms with E-state index >= 15 is 0 Å². The van der Waals surface area contributed by atoms with Crippen LogP contribution in [-0.4, -0.2) is 41.7 Å². The number of alkyl halides is 3. The Morgan fingerprint density at radius 1 is 1.17 bits per heavy atom. The zero-order valence-corrected chi connectivity index (χ0v) is 17.3. The first kappa shape index (κ1) is 23.3. The Balaban J connectivity index is 2.42. The number of carbonyl (C=O) groups excluding carboxylic acids is 1. The molecule has 0 aliphatic carbocycles. The van der Waals surface area contributed by atoms with Crippen molar-refractivity contribution in [3.8, 4) is 0 Å². The van der Waals surface area contributed by atoms with E-state index in [1.165, 1.54) is 30.5 Å². The summed E-state index contributed by atoms with van der Waals surface area (Å²) in [5.41, 5.74) is -4.00. The highest BCUT2D eigenvalue weighted by atomic mass is 35.5. The molecule has 0 aromatic heterocycles. The highest BCUT2D eigenvalue weighted by Gasteiger charge is 2.55. The lowest BCUT2D eigenvalue weighted by molar-refractivity contribution is -0.242. The van der Waals surface area contributed by atoms with E-state index in [1.54, 1.807) is 0 Å². The Morgan fingerprint density at radius 3 is 2.28 bits per heavy atom. The Morgan fingerprint density at radius 2 is 1.76 bits per heavy atom. The Labute approximate surface area is 172 Å². The Kier molecular flexibility index (Phi) is 6.48. The van der Waals surface area contributed by atoms with Crippen LogP contribution in [0.5, 0.6) is 0 Å². The van der Waals surface area contributed by atoms with Gasteiger partial charge in [-0.15, -0.1) is 0 Å². The third-order valence-corrected chi connectivity index (χ3v) is 7.17. The fourth-order valence-electron chi connectivity index (χ4n) is 2.17. The molecule has 0 fully saturated rings.